The van der Waals surface area contributed by atoms with Crippen LogP contribution in [0.15, 0.2) is 22.9 Å². The van der Waals surface area contributed by atoms with Gasteiger partial charge in [0.05, 0.1) is 12.1 Å². The summed E-state index contributed by atoms with van der Waals surface area (Å²) in [7, 11) is 0. The van der Waals surface area contributed by atoms with Crippen LogP contribution in [0.4, 0.5) is 0 Å². The smallest absolute Gasteiger partial charge is 0.241 e. The Morgan fingerprint density at radius 2 is 2.09 bits per heavy atom. The second-order valence-electron chi connectivity index (χ2n) is 6.58. The molecule has 122 valence electrons. The molecule has 2 aromatic rings. The molecule has 0 bridgehead atoms. The van der Waals surface area contributed by atoms with E-state index in [0.29, 0.717) is 22.9 Å². The van der Waals surface area contributed by atoms with E-state index in [9.17, 15) is 0 Å². The van der Waals surface area contributed by atoms with Gasteiger partial charge in [0.2, 0.25) is 11.7 Å². The van der Waals surface area contributed by atoms with E-state index in [2.05, 4.69) is 20.0 Å². The molecule has 0 radical (unpaired) electrons. The minimum absolute atomic E-state index is 0.408. The molecule has 0 amide bonds. The van der Waals surface area contributed by atoms with Crippen molar-refractivity contribution in [2.45, 2.75) is 51.1 Å². The zero-order valence-electron chi connectivity index (χ0n) is 13.1. The third-order valence-corrected chi connectivity index (χ3v) is 5.47. The summed E-state index contributed by atoms with van der Waals surface area (Å²) in [6.07, 6.45) is 9.72. The summed E-state index contributed by atoms with van der Waals surface area (Å²) >= 11 is 6.11. The van der Waals surface area contributed by atoms with Crippen LogP contribution in [-0.4, -0.2) is 32.6 Å². The molecule has 2 aliphatic rings. The number of rotatable bonds is 3. The molecule has 1 saturated heterocycles. The van der Waals surface area contributed by atoms with E-state index in [1.54, 1.807) is 6.20 Å². The lowest BCUT2D eigenvalue weighted by atomic mass is 9.78. The van der Waals surface area contributed by atoms with E-state index in [1.165, 1.54) is 38.5 Å². The molecule has 0 aromatic carbocycles. The quantitative estimate of drug-likeness (QED) is 0.797. The summed E-state index contributed by atoms with van der Waals surface area (Å²) in [5.41, 5.74) is 0.721. The van der Waals surface area contributed by atoms with E-state index >= 15 is 0 Å². The largest absolute Gasteiger partial charge is 0.338 e. The molecule has 4 rings (SSSR count). The Bertz CT molecular complexity index is 672. The van der Waals surface area contributed by atoms with Gasteiger partial charge >= 0.3 is 0 Å². The number of piperidine rings is 1. The third kappa shape index (κ3) is 3.12. The average Bonchev–Trinajstić information content (AvgIpc) is 3.04. The molecule has 2 aromatic heterocycles. The summed E-state index contributed by atoms with van der Waals surface area (Å²) in [4.78, 5) is 11.1. The van der Waals surface area contributed by atoms with Gasteiger partial charge in [-0.2, -0.15) is 4.98 Å². The molecule has 1 aliphatic heterocycles. The zero-order valence-corrected chi connectivity index (χ0v) is 13.9. The standard InChI is InChI=1S/C17H21ClN4O/c18-16-13(7-3-9-19-16)17-20-15(23-21-17)11-22-10-4-6-12-5-1-2-8-14(12)22/h3,7,9,12,14H,1-2,4-6,8,10-11H2/t12-,14+/m1/s1. The van der Waals surface area contributed by atoms with Crippen LogP contribution in [0.1, 0.15) is 44.4 Å². The van der Waals surface area contributed by atoms with Crippen molar-refractivity contribution in [1.82, 2.24) is 20.0 Å². The van der Waals surface area contributed by atoms with Crippen molar-refractivity contribution < 1.29 is 4.52 Å². The van der Waals surface area contributed by atoms with Gasteiger partial charge in [0, 0.05) is 12.2 Å². The Balaban J connectivity index is 1.50. The highest BCUT2D eigenvalue weighted by Gasteiger charge is 2.33. The van der Waals surface area contributed by atoms with Crippen LogP contribution in [0.2, 0.25) is 5.15 Å². The van der Waals surface area contributed by atoms with E-state index in [1.807, 2.05) is 12.1 Å². The first kappa shape index (κ1) is 15.1. The van der Waals surface area contributed by atoms with Gasteiger partial charge in [-0.05, 0) is 50.3 Å². The van der Waals surface area contributed by atoms with E-state index in [0.717, 1.165) is 24.6 Å². The Kier molecular flexibility index (Phi) is 4.31. The fourth-order valence-corrected chi connectivity index (χ4v) is 4.28. The lowest BCUT2D eigenvalue weighted by Crippen LogP contribution is -2.46. The van der Waals surface area contributed by atoms with Gasteiger partial charge in [-0.15, -0.1) is 0 Å². The summed E-state index contributed by atoms with van der Waals surface area (Å²) in [5, 5.41) is 4.49. The maximum atomic E-state index is 6.11. The normalized spacial score (nSPS) is 25.3. The lowest BCUT2D eigenvalue weighted by molar-refractivity contribution is 0.0466. The summed E-state index contributed by atoms with van der Waals surface area (Å²) in [6, 6.07) is 4.38. The minimum atomic E-state index is 0.408. The first-order chi connectivity index (χ1) is 11.3. The van der Waals surface area contributed by atoms with Gasteiger partial charge in [0.15, 0.2) is 0 Å². The Morgan fingerprint density at radius 3 is 3.00 bits per heavy atom. The van der Waals surface area contributed by atoms with Gasteiger partial charge in [0.1, 0.15) is 5.15 Å². The van der Waals surface area contributed by atoms with Crippen LogP contribution in [0.5, 0.6) is 0 Å². The number of aromatic nitrogens is 3. The van der Waals surface area contributed by atoms with E-state index in [4.69, 9.17) is 16.1 Å². The van der Waals surface area contributed by atoms with Crippen LogP contribution < -0.4 is 0 Å². The summed E-state index contributed by atoms with van der Waals surface area (Å²) in [6.45, 7) is 1.87. The molecule has 6 heteroatoms. The van der Waals surface area contributed by atoms with Crippen molar-refractivity contribution >= 4 is 11.6 Å². The molecule has 5 nitrogen and oxygen atoms in total. The topological polar surface area (TPSA) is 55.1 Å². The van der Waals surface area contributed by atoms with Gasteiger partial charge < -0.3 is 4.52 Å². The molecule has 3 heterocycles. The highest BCUT2D eigenvalue weighted by atomic mass is 35.5. The van der Waals surface area contributed by atoms with Crippen molar-refractivity contribution in [3.63, 3.8) is 0 Å². The minimum Gasteiger partial charge on any atom is -0.338 e. The fourth-order valence-electron chi connectivity index (χ4n) is 4.08. The second kappa shape index (κ2) is 6.57. The molecule has 1 aliphatic carbocycles. The van der Waals surface area contributed by atoms with Crippen LogP contribution >= 0.6 is 11.6 Å². The number of likely N-dealkylation sites (tertiary alicyclic amines) is 1. The van der Waals surface area contributed by atoms with Gasteiger partial charge in [-0.25, -0.2) is 4.98 Å². The Hall–Kier alpha value is -1.46. The molecule has 23 heavy (non-hydrogen) atoms. The lowest BCUT2D eigenvalue weighted by Gasteiger charge is -2.43. The number of hydrogen-bond donors (Lipinski definition) is 0. The van der Waals surface area contributed by atoms with Crippen molar-refractivity contribution in [1.29, 1.82) is 0 Å². The molecule has 0 unspecified atom stereocenters. The Labute approximate surface area is 141 Å². The van der Waals surface area contributed by atoms with Crippen molar-refractivity contribution in [3.8, 4) is 11.4 Å². The van der Waals surface area contributed by atoms with Gasteiger partial charge in [-0.3, -0.25) is 4.90 Å². The SMILES string of the molecule is Clc1ncccc1-c1noc(CN2CCC[C@H]3CCCC[C@@H]32)n1. The zero-order chi connectivity index (χ0) is 15.6. The predicted molar refractivity (Wildman–Crippen MR) is 87.9 cm³/mol. The highest BCUT2D eigenvalue weighted by Crippen LogP contribution is 2.36. The third-order valence-electron chi connectivity index (χ3n) is 5.16. The average molecular weight is 333 g/mol. The maximum Gasteiger partial charge on any atom is 0.241 e. The Morgan fingerprint density at radius 1 is 1.22 bits per heavy atom. The van der Waals surface area contributed by atoms with Crippen LogP contribution in [-0.2, 0) is 6.54 Å². The van der Waals surface area contributed by atoms with Gasteiger partial charge in [0.25, 0.3) is 0 Å². The molecular weight excluding hydrogens is 312 g/mol. The van der Waals surface area contributed by atoms with E-state index in [-0.39, 0.29) is 0 Å². The van der Waals surface area contributed by atoms with Crippen LogP contribution in [0.25, 0.3) is 11.4 Å². The van der Waals surface area contributed by atoms with Crippen molar-refractivity contribution in [2.24, 2.45) is 5.92 Å². The summed E-state index contributed by atoms with van der Waals surface area (Å²) < 4.78 is 5.47. The number of pyridine rings is 1. The number of fused-ring (bicyclic) bond motifs is 1. The first-order valence-corrected chi connectivity index (χ1v) is 8.86. The monoisotopic (exact) mass is 332 g/mol. The molecule has 1 saturated carbocycles. The van der Waals surface area contributed by atoms with Crippen molar-refractivity contribution in [2.75, 3.05) is 6.54 Å². The highest BCUT2D eigenvalue weighted by molar-refractivity contribution is 6.31. The fraction of sp³-hybridized carbons (Fsp3) is 0.588. The number of nitrogens with zero attached hydrogens (tertiary/aromatic N) is 4. The predicted octanol–water partition coefficient (Wildman–Crippen LogP) is 3.94. The number of hydrogen-bond acceptors (Lipinski definition) is 5. The maximum absolute atomic E-state index is 6.11. The molecule has 0 spiro atoms. The molecule has 2 atom stereocenters. The first-order valence-electron chi connectivity index (χ1n) is 8.49. The van der Waals surface area contributed by atoms with Crippen molar-refractivity contribution in [3.05, 3.63) is 29.4 Å². The molecule has 0 N–H and O–H groups in total. The summed E-state index contributed by atoms with van der Waals surface area (Å²) in [5.74, 6) is 2.05. The van der Waals surface area contributed by atoms with E-state index < -0.39 is 0 Å². The van der Waals surface area contributed by atoms with Crippen LogP contribution in [0, 0.1) is 5.92 Å². The number of halogens is 1. The van der Waals surface area contributed by atoms with Gasteiger partial charge in [-0.1, -0.05) is 29.6 Å². The second-order valence-corrected chi connectivity index (χ2v) is 6.94. The van der Waals surface area contributed by atoms with Crippen LogP contribution in [0.3, 0.4) is 0 Å². The molecular formula is C17H21ClN4O. The molecule has 2 fully saturated rings.